The number of hydrogen-bond acceptors (Lipinski definition) is 6. The monoisotopic (exact) mass is 541 g/mol. The lowest BCUT2D eigenvalue weighted by Gasteiger charge is -2.31. The van der Waals surface area contributed by atoms with E-state index >= 15 is 0 Å². The van der Waals surface area contributed by atoms with Crippen LogP contribution in [0.3, 0.4) is 0 Å². The maximum Gasteiger partial charge on any atom is 0.244 e. The molecule has 0 spiro atoms. The SMILES string of the molecule is CNC(=O)C(C)N(Cc1ccc(Br)cc1)C(=O)CN(c1cc(OC)ccc1OC)S(C)(=O)=O. The molecule has 2 amide bonds. The summed E-state index contributed by atoms with van der Waals surface area (Å²) < 4.78 is 37.7. The van der Waals surface area contributed by atoms with Crippen LogP contribution in [-0.4, -0.2) is 65.2 Å². The second-order valence-corrected chi connectivity index (χ2v) is 10.1. The fourth-order valence-corrected chi connectivity index (χ4v) is 4.27. The van der Waals surface area contributed by atoms with Crippen molar-refractivity contribution in [2.24, 2.45) is 0 Å². The third-order valence-electron chi connectivity index (χ3n) is 5.01. The minimum Gasteiger partial charge on any atom is -0.497 e. The van der Waals surface area contributed by atoms with Crippen LogP contribution in [0.25, 0.3) is 0 Å². The van der Waals surface area contributed by atoms with Crippen LogP contribution in [0.15, 0.2) is 46.9 Å². The summed E-state index contributed by atoms with van der Waals surface area (Å²) in [7, 11) is 0.441. The quantitative estimate of drug-likeness (QED) is 0.495. The highest BCUT2D eigenvalue weighted by atomic mass is 79.9. The average Bonchev–Trinajstić information content (AvgIpc) is 2.79. The normalized spacial score (nSPS) is 11.9. The van der Waals surface area contributed by atoms with Gasteiger partial charge in [-0.2, -0.15) is 0 Å². The number of likely N-dealkylation sites (N-methyl/N-ethyl adjacent to an activating group) is 1. The summed E-state index contributed by atoms with van der Waals surface area (Å²) in [5.74, 6) is -0.264. The number of anilines is 1. The standard InChI is InChI=1S/C22H28BrN3O6S/c1-15(22(28)24-2)25(13-16-6-8-17(23)9-7-16)21(27)14-26(33(5,29)30)19-12-18(31-3)10-11-20(19)32-4/h6-12,15H,13-14H2,1-5H3,(H,24,28). The Balaban J connectivity index is 2.46. The van der Waals surface area contributed by atoms with Crippen molar-refractivity contribution in [1.82, 2.24) is 10.2 Å². The topological polar surface area (TPSA) is 105 Å². The first kappa shape index (κ1) is 26.5. The van der Waals surface area contributed by atoms with E-state index in [1.54, 1.807) is 19.1 Å². The molecule has 1 atom stereocenters. The molecule has 33 heavy (non-hydrogen) atoms. The van der Waals surface area contributed by atoms with Crippen molar-refractivity contribution in [1.29, 1.82) is 0 Å². The smallest absolute Gasteiger partial charge is 0.244 e. The van der Waals surface area contributed by atoms with Crippen molar-refractivity contribution in [2.75, 3.05) is 38.4 Å². The third kappa shape index (κ3) is 6.84. The first-order valence-corrected chi connectivity index (χ1v) is 12.6. The van der Waals surface area contributed by atoms with Gasteiger partial charge in [-0.1, -0.05) is 28.1 Å². The number of carbonyl (C=O) groups is 2. The third-order valence-corrected chi connectivity index (χ3v) is 6.67. The van der Waals surface area contributed by atoms with Crippen LogP contribution >= 0.6 is 15.9 Å². The maximum absolute atomic E-state index is 13.4. The van der Waals surface area contributed by atoms with Crippen molar-refractivity contribution in [3.05, 3.63) is 52.5 Å². The predicted molar refractivity (Wildman–Crippen MR) is 130 cm³/mol. The zero-order chi connectivity index (χ0) is 24.8. The van der Waals surface area contributed by atoms with Crippen LogP contribution in [0.4, 0.5) is 5.69 Å². The predicted octanol–water partition coefficient (Wildman–Crippen LogP) is 2.40. The van der Waals surface area contributed by atoms with Crippen LogP contribution in [-0.2, 0) is 26.2 Å². The Bertz CT molecular complexity index is 1090. The molecule has 0 radical (unpaired) electrons. The van der Waals surface area contributed by atoms with E-state index in [9.17, 15) is 18.0 Å². The lowest BCUT2D eigenvalue weighted by atomic mass is 10.1. The number of carbonyl (C=O) groups excluding carboxylic acids is 2. The van der Waals surface area contributed by atoms with Gasteiger partial charge in [0.05, 0.1) is 26.2 Å². The Kier molecular flexibility index (Phi) is 9.12. The van der Waals surface area contributed by atoms with Crippen LogP contribution in [0.5, 0.6) is 11.5 Å². The number of halogens is 1. The number of rotatable bonds is 10. The molecule has 0 saturated heterocycles. The number of hydrogen-bond donors (Lipinski definition) is 1. The first-order valence-electron chi connectivity index (χ1n) is 9.97. The van der Waals surface area contributed by atoms with E-state index in [0.717, 1.165) is 20.6 Å². The Morgan fingerprint density at radius 3 is 2.24 bits per heavy atom. The highest BCUT2D eigenvalue weighted by molar-refractivity contribution is 9.10. The van der Waals surface area contributed by atoms with Gasteiger partial charge in [0.2, 0.25) is 21.8 Å². The molecule has 180 valence electrons. The summed E-state index contributed by atoms with van der Waals surface area (Å²) in [4.78, 5) is 27.1. The number of methoxy groups -OCH3 is 2. The Morgan fingerprint density at radius 1 is 1.09 bits per heavy atom. The van der Waals surface area contributed by atoms with Gasteiger partial charge < -0.3 is 19.7 Å². The van der Waals surface area contributed by atoms with Crippen molar-refractivity contribution in [2.45, 2.75) is 19.5 Å². The van der Waals surface area contributed by atoms with Crippen molar-refractivity contribution in [3.8, 4) is 11.5 Å². The van der Waals surface area contributed by atoms with E-state index in [2.05, 4.69) is 21.2 Å². The van der Waals surface area contributed by atoms with Crippen molar-refractivity contribution < 1.29 is 27.5 Å². The highest BCUT2D eigenvalue weighted by Gasteiger charge is 2.31. The van der Waals surface area contributed by atoms with Gasteiger partial charge in [0.1, 0.15) is 24.1 Å². The molecular weight excluding hydrogens is 514 g/mol. The van der Waals surface area contributed by atoms with Gasteiger partial charge in [-0.3, -0.25) is 13.9 Å². The summed E-state index contributed by atoms with van der Waals surface area (Å²) >= 11 is 3.37. The van der Waals surface area contributed by atoms with E-state index < -0.39 is 28.5 Å². The maximum atomic E-state index is 13.4. The number of sulfonamides is 1. The molecule has 0 aliphatic carbocycles. The van der Waals surface area contributed by atoms with Crippen LogP contribution in [0, 0.1) is 0 Å². The number of nitrogens with zero attached hydrogens (tertiary/aromatic N) is 2. The van der Waals surface area contributed by atoms with Gasteiger partial charge in [-0.25, -0.2) is 8.42 Å². The molecule has 0 fully saturated rings. The molecule has 2 aromatic carbocycles. The van der Waals surface area contributed by atoms with E-state index in [4.69, 9.17) is 9.47 Å². The summed E-state index contributed by atoms with van der Waals surface area (Å²) in [6.07, 6.45) is 1.00. The van der Waals surface area contributed by atoms with E-state index in [-0.39, 0.29) is 23.9 Å². The second-order valence-electron chi connectivity index (χ2n) is 7.25. The summed E-state index contributed by atoms with van der Waals surface area (Å²) in [5, 5.41) is 2.53. The van der Waals surface area contributed by atoms with Crippen molar-refractivity contribution >= 4 is 43.5 Å². The minimum atomic E-state index is -3.89. The van der Waals surface area contributed by atoms with E-state index in [1.165, 1.54) is 32.2 Å². The molecule has 0 heterocycles. The number of nitrogens with one attached hydrogen (secondary N) is 1. The molecule has 0 saturated carbocycles. The molecule has 1 N–H and O–H groups in total. The number of ether oxygens (including phenoxy) is 2. The van der Waals surface area contributed by atoms with Crippen molar-refractivity contribution in [3.63, 3.8) is 0 Å². The molecule has 9 nitrogen and oxygen atoms in total. The first-order chi connectivity index (χ1) is 15.5. The molecule has 2 rings (SSSR count). The largest absolute Gasteiger partial charge is 0.497 e. The van der Waals surface area contributed by atoms with Crippen LogP contribution in [0.2, 0.25) is 0 Å². The molecule has 0 aliphatic rings. The molecule has 0 aliphatic heterocycles. The molecular formula is C22H28BrN3O6S. The molecule has 2 aromatic rings. The minimum absolute atomic E-state index is 0.119. The lowest BCUT2D eigenvalue weighted by Crippen LogP contribution is -2.50. The zero-order valence-electron chi connectivity index (χ0n) is 19.2. The fraction of sp³-hybridized carbons (Fsp3) is 0.364. The van der Waals surface area contributed by atoms with Gasteiger partial charge in [0, 0.05) is 24.1 Å². The highest BCUT2D eigenvalue weighted by Crippen LogP contribution is 2.34. The van der Waals surface area contributed by atoms with Gasteiger partial charge in [0.15, 0.2) is 0 Å². The van der Waals surface area contributed by atoms with E-state index in [1.807, 2.05) is 24.3 Å². The molecule has 0 bridgehead atoms. The second kappa shape index (κ2) is 11.4. The summed E-state index contributed by atoms with van der Waals surface area (Å²) in [5.41, 5.74) is 0.941. The molecule has 1 unspecified atom stereocenters. The Morgan fingerprint density at radius 2 is 1.73 bits per heavy atom. The van der Waals surface area contributed by atoms with Crippen LogP contribution in [0.1, 0.15) is 12.5 Å². The van der Waals surface area contributed by atoms with Crippen LogP contribution < -0.4 is 19.1 Å². The molecule has 0 aromatic heterocycles. The molecule has 11 heteroatoms. The van der Waals surface area contributed by atoms with Gasteiger partial charge >= 0.3 is 0 Å². The summed E-state index contributed by atoms with van der Waals surface area (Å²) in [6, 6.07) is 11.1. The zero-order valence-corrected chi connectivity index (χ0v) is 21.6. The van der Waals surface area contributed by atoms with Gasteiger partial charge in [-0.15, -0.1) is 0 Å². The lowest BCUT2D eigenvalue weighted by molar-refractivity contribution is -0.139. The number of amides is 2. The number of benzene rings is 2. The average molecular weight is 542 g/mol. The Hall–Kier alpha value is -2.79. The Labute approximate surface area is 202 Å². The van der Waals surface area contributed by atoms with E-state index in [0.29, 0.717) is 5.75 Å². The fourth-order valence-electron chi connectivity index (χ4n) is 3.16. The van der Waals surface area contributed by atoms with Gasteiger partial charge in [-0.05, 0) is 36.8 Å². The van der Waals surface area contributed by atoms with Gasteiger partial charge in [0.25, 0.3) is 0 Å². The summed E-state index contributed by atoms with van der Waals surface area (Å²) in [6.45, 7) is 1.18.